The molecule has 0 aliphatic rings. The summed E-state index contributed by atoms with van der Waals surface area (Å²) >= 11 is 8.96. The van der Waals surface area contributed by atoms with Gasteiger partial charge in [0.05, 0.1) is 17.2 Å². The van der Waals surface area contributed by atoms with Gasteiger partial charge in [0, 0.05) is 17.1 Å². The number of benzene rings is 1. The molecule has 2 unspecified atom stereocenters. The standard InChI is InChI=1S/C11H14BrClFNO/c1-3-8(16-2)11(15)6-4-5-7(12)9(13)10(6)14/h4-5,8,11H,3,15H2,1-2H3. The maximum absolute atomic E-state index is 13.8. The van der Waals surface area contributed by atoms with Crippen molar-refractivity contribution >= 4 is 27.5 Å². The van der Waals surface area contributed by atoms with E-state index < -0.39 is 11.9 Å². The first-order chi connectivity index (χ1) is 7.52. The van der Waals surface area contributed by atoms with Gasteiger partial charge in [0.1, 0.15) is 5.82 Å². The van der Waals surface area contributed by atoms with E-state index in [0.29, 0.717) is 16.5 Å². The van der Waals surface area contributed by atoms with Crippen molar-refractivity contribution in [1.29, 1.82) is 0 Å². The van der Waals surface area contributed by atoms with E-state index >= 15 is 0 Å². The van der Waals surface area contributed by atoms with E-state index in [4.69, 9.17) is 22.1 Å². The molecule has 1 aromatic rings. The predicted octanol–water partition coefficient (Wildman–Crippen LogP) is 3.67. The zero-order valence-electron chi connectivity index (χ0n) is 9.14. The third kappa shape index (κ3) is 2.74. The van der Waals surface area contributed by atoms with Gasteiger partial charge in [0.15, 0.2) is 0 Å². The minimum atomic E-state index is -0.513. The van der Waals surface area contributed by atoms with E-state index in [-0.39, 0.29) is 11.1 Å². The van der Waals surface area contributed by atoms with Gasteiger partial charge in [-0.1, -0.05) is 24.6 Å². The summed E-state index contributed by atoms with van der Waals surface area (Å²) in [4.78, 5) is 0. The summed E-state index contributed by atoms with van der Waals surface area (Å²) < 4.78 is 19.6. The Bertz CT molecular complexity index is 371. The van der Waals surface area contributed by atoms with Crippen LogP contribution in [0.5, 0.6) is 0 Å². The third-order valence-electron chi connectivity index (χ3n) is 2.53. The molecule has 2 atom stereocenters. The quantitative estimate of drug-likeness (QED) is 0.861. The first-order valence-corrected chi connectivity index (χ1v) is 6.11. The summed E-state index contributed by atoms with van der Waals surface area (Å²) in [6.45, 7) is 1.94. The van der Waals surface area contributed by atoms with Crippen LogP contribution in [0.15, 0.2) is 16.6 Å². The molecule has 2 nitrogen and oxygen atoms in total. The molecule has 0 radical (unpaired) electrons. The second kappa shape index (κ2) is 5.96. The van der Waals surface area contributed by atoms with E-state index in [1.807, 2.05) is 6.92 Å². The second-order valence-electron chi connectivity index (χ2n) is 3.47. The molecule has 16 heavy (non-hydrogen) atoms. The molecule has 0 bridgehead atoms. The molecular weight excluding hydrogens is 296 g/mol. The summed E-state index contributed by atoms with van der Waals surface area (Å²) in [5, 5.41) is 0.0545. The monoisotopic (exact) mass is 309 g/mol. The van der Waals surface area contributed by atoms with Crippen molar-refractivity contribution in [2.24, 2.45) is 5.73 Å². The van der Waals surface area contributed by atoms with Crippen molar-refractivity contribution in [3.05, 3.63) is 33.0 Å². The fraction of sp³-hybridized carbons (Fsp3) is 0.455. The Kier molecular flexibility index (Phi) is 5.18. The number of nitrogens with two attached hydrogens (primary N) is 1. The molecular formula is C11H14BrClFNO. The van der Waals surface area contributed by atoms with Gasteiger partial charge in [-0.25, -0.2) is 4.39 Å². The average Bonchev–Trinajstić information content (AvgIpc) is 2.27. The van der Waals surface area contributed by atoms with Crippen LogP contribution in [-0.4, -0.2) is 13.2 Å². The van der Waals surface area contributed by atoms with Gasteiger partial charge < -0.3 is 10.5 Å². The molecule has 0 spiro atoms. The normalized spacial score (nSPS) is 14.9. The summed E-state index contributed by atoms with van der Waals surface area (Å²) in [5.74, 6) is -0.487. The number of hydrogen-bond donors (Lipinski definition) is 1. The molecule has 0 saturated carbocycles. The summed E-state index contributed by atoms with van der Waals surface area (Å²) in [5.41, 5.74) is 6.32. The van der Waals surface area contributed by atoms with E-state index in [1.54, 1.807) is 19.2 Å². The fourth-order valence-electron chi connectivity index (χ4n) is 1.57. The molecule has 0 fully saturated rings. The van der Waals surface area contributed by atoms with Crippen molar-refractivity contribution in [1.82, 2.24) is 0 Å². The predicted molar refractivity (Wildman–Crippen MR) is 67.1 cm³/mol. The van der Waals surface area contributed by atoms with Crippen LogP contribution in [0, 0.1) is 5.82 Å². The average molecular weight is 311 g/mol. The number of hydrogen-bond acceptors (Lipinski definition) is 2. The second-order valence-corrected chi connectivity index (χ2v) is 4.71. The highest BCUT2D eigenvalue weighted by Gasteiger charge is 2.22. The first-order valence-electron chi connectivity index (χ1n) is 4.94. The van der Waals surface area contributed by atoms with Gasteiger partial charge >= 0.3 is 0 Å². The van der Waals surface area contributed by atoms with Crippen LogP contribution in [-0.2, 0) is 4.74 Å². The summed E-state index contributed by atoms with van der Waals surface area (Å²) in [7, 11) is 1.56. The molecule has 0 saturated heterocycles. The fourth-order valence-corrected chi connectivity index (χ4v) is 2.04. The van der Waals surface area contributed by atoms with Crippen LogP contribution in [0.4, 0.5) is 4.39 Å². The number of ether oxygens (including phenoxy) is 1. The molecule has 0 aromatic heterocycles. The molecule has 0 amide bonds. The smallest absolute Gasteiger partial charge is 0.147 e. The summed E-state index contributed by atoms with van der Waals surface area (Å²) in [6, 6.07) is 2.79. The van der Waals surface area contributed by atoms with E-state index in [0.717, 1.165) is 0 Å². The molecule has 5 heteroatoms. The van der Waals surface area contributed by atoms with Crippen molar-refractivity contribution in [3.8, 4) is 0 Å². The van der Waals surface area contributed by atoms with Crippen LogP contribution in [0.3, 0.4) is 0 Å². The largest absolute Gasteiger partial charge is 0.379 e. The van der Waals surface area contributed by atoms with E-state index in [2.05, 4.69) is 15.9 Å². The Morgan fingerprint density at radius 2 is 2.19 bits per heavy atom. The van der Waals surface area contributed by atoms with Crippen LogP contribution in [0.2, 0.25) is 5.02 Å². The van der Waals surface area contributed by atoms with E-state index in [9.17, 15) is 4.39 Å². The van der Waals surface area contributed by atoms with Gasteiger partial charge in [0.25, 0.3) is 0 Å². The van der Waals surface area contributed by atoms with Crippen molar-refractivity contribution < 1.29 is 9.13 Å². The molecule has 90 valence electrons. The highest BCUT2D eigenvalue weighted by atomic mass is 79.9. The minimum absolute atomic E-state index is 0.0545. The topological polar surface area (TPSA) is 35.2 Å². The highest BCUT2D eigenvalue weighted by Crippen LogP contribution is 2.31. The maximum atomic E-state index is 13.8. The van der Waals surface area contributed by atoms with Gasteiger partial charge in [-0.05, 0) is 28.4 Å². The SMILES string of the molecule is CCC(OC)C(N)c1ccc(Br)c(Cl)c1F. The lowest BCUT2D eigenvalue weighted by molar-refractivity contribution is 0.0762. The van der Waals surface area contributed by atoms with Crippen molar-refractivity contribution in [2.45, 2.75) is 25.5 Å². The third-order valence-corrected chi connectivity index (χ3v) is 3.79. The van der Waals surface area contributed by atoms with Crippen molar-refractivity contribution in [2.75, 3.05) is 7.11 Å². The number of halogens is 3. The first kappa shape index (κ1) is 13.9. The van der Waals surface area contributed by atoms with Gasteiger partial charge in [-0.15, -0.1) is 0 Å². The number of methoxy groups -OCH3 is 1. The minimum Gasteiger partial charge on any atom is -0.379 e. The number of rotatable bonds is 4. The Balaban J connectivity index is 3.09. The lowest BCUT2D eigenvalue weighted by Gasteiger charge is -2.22. The molecule has 1 aromatic carbocycles. The van der Waals surface area contributed by atoms with Gasteiger partial charge in [-0.2, -0.15) is 0 Å². The molecule has 1 rings (SSSR count). The van der Waals surface area contributed by atoms with Crippen LogP contribution in [0.1, 0.15) is 24.9 Å². The molecule has 0 aliphatic heterocycles. The summed E-state index contributed by atoms with van der Waals surface area (Å²) in [6.07, 6.45) is 0.497. The Labute approximate surface area is 108 Å². The zero-order chi connectivity index (χ0) is 12.3. The van der Waals surface area contributed by atoms with Gasteiger partial charge in [0.2, 0.25) is 0 Å². The van der Waals surface area contributed by atoms with Crippen LogP contribution in [0.25, 0.3) is 0 Å². The Morgan fingerprint density at radius 3 is 2.69 bits per heavy atom. The van der Waals surface area contributed by atoms with Crippen LogP contribution >= 0.6 is 27.5 Å². The lowest BCUT2D eigenvalue weighted by atomic mass is 10.00. The molecule has 2 N–H and O–H groups in total. The lowest BCUT2D eigenvalue weighted by Crippen LogP contribution is -2.28. The maximum Gasteiger partial charge on any atom is 0.147 e. The highest BCUT2D eigenvalue weighted by molar-refractivity contribution is 9.10. The molecule has 0 aliphatic carbocycles. The van der Waals surface area contributed by atoms with E-state index in [1.165, 1.54) is 0 Å². The Hall–Kier alpha value is -0.160. The Morgan fingerprint density at radius 1 is 1.56 bits per heavy atom. The van der Waals surface area contributed by atoms with Gasteiger partial charge in [-0.3, -0.25) is 0 Å². The van der Waals surface area contributed by atoms with Crippen LogP contribution < -0.4 is 5.73 Å². The zero-order valence-corrected chi connectivity index (χ0v) is 11.5. The molecule has 0 heterocycles. The van der Waals surface area contributed by atoms with Crippen molar-refractivity contribution in [3.63, 3.8) is 0 Å².